The van der Waals surface area contributed by atoms with Gasteiger partial charge in [-0.15, -0.1) is 0 Å². The van der Waals surface area contributed by atoms with Crippen molar-refractivity contribution in [1.29, 1.82) is 0 Å². The number of amides is 1. The van der Waals surface area contributed by atoms with E-state index in [2.05, 4.69) is 5.32 Å². The molecule has 37 heavy (non-hydrogen) atoms. The number of benzene rings is 3. The summed E-state index contributed by atoms with van der Waals surface area (Å²) in [5.41, 5.74) is -0.182. The summed E-state index contributed by atoms with van der Waals surface area (Å²) < 4.78 is 71.3. The number of hydrogen-bond donors (Lipinski definition) is 3. The summed E-state index contributed by atoms with van der Waals surface area (Å²) in [6.45, 7) is -0.0377. The zero-order valence-corrected chi connectivity index (χ0v) is 22.8. The zero-order valence-electron chi connectivity index (χ0n) is 19.1. The number of nitro groups is 1. The molecule has 0 spiro atoms. The van der Waals surface area contributed by atoms with Crippen LogP contribution in [0.1, 0.15) is 16.7 Å². The van der Waals surface area contributed by atoms with Gasteiger partial charge < -0.3 is 4.74 Å². The number of nitrogens with zero attached hydrogens (tertiary/aromatic N) is 1. The van der Waals surface area contributed by atoms with Crippen molar-refractivity contribution in [3.63, 3.8) is 0 Å². The number of nitrogens with one attached hydrogen (secondary N) is 1. The van der Waals surface area contributed by atoms with Crippen LogP contribution in [0.4, 0.5) is 16.2 Å². The summed E-state index contributed by atoms with van der Waals surface area (Å²) in [6.07, 6.45) is 1.31. The summed E-state index contributed by atoms with van der Waals surface area (Å²) in [7, 11) is -9.67. The Morgan fingerprint density at radius 1 is 0.892 bits per heavy atom. The molecule has 0 aromatic heterocycles. The van der Waals surface area contributed by atoms with Crippen LogP contribution in [0.15, 0.2) is 76.5 Å². The van der Waals surface area contributed by atoms with Gasteiger partial charge in [-0.2, -0.15) is 16.8 Å². The molecule has 0 bridgehead atoms. The van der Waals surface area contributed by atoms with Crippen molar-refractivity contribution >= 4 is 49.9 Å². The Morgan fingerprint density at radius 3 is 1.97 bits per heavy atom. The van der Waals surface area contributed by atoms with Gasteiger partial charge in [-0.3, -0.25) is 24.5 Å². The third-order valence-corrected chi connectivity index (χ3v) is 6.50. The Morgan fingerprint density at radius 2 is 1.43 bits per heavy atom. The van der Waals surface area contributed by atoms with Crippen LogP contribution in [-0.4, -0.2) is 37.0 Å². The first-order valence-electron chi connectivity index (χ1n) is 9.88. The molecule has 0 fully saturated rings. The molecule has 0 unspecified atom stereocenters. The Hall–Kier alpha value is -3.11. The molecule has 0 heterocycles. The summed E-state index contributed by atoms with van der Waals surface area (Å²) >= 11 is 0. The molecule has 3 aromatic rings. The van der Waals surface area contributed by atoms with Crippen LogP contribution < -0.4 is 34.9 Å². The van der Waals surface area contributed by atoms with Crippen molar-refractivity contribution < 1.29 is 70.0 Å². The SMILES string of the molecule is O=C(Nc1ccc(/C=C\c2ccc([N+](=O)[O-])cc2S(=O)(=O)O)c(S(=O)(=O)O)c1)OCc1ccccc1.[Na+]. The minimum atomic E-state index is -4.86. The smallest absolute Gasteiger partial charge is 0.444 e. The first-order valence-corrected chi connectivity index (χ1v) is 12.8. The van der Waals surface area contributed by atoms with E-state index in [9.17, 15) is 40.8 Å². The predicted molar refractivity (Wildman–Crippen MR) is 128 cm³/mol. The molecule has 0 atom stereocenters. The van der Waals surface area contributed by atoms with Crippen LogP contribution in [0.3, 0.4) is 0 Å². The normalized spacial score (nSPS) is 11.5. The van der Waals surface area contributed by atoms with Crippen molar-refractivity contribution in [2.75, 3.05) is 5.32 Å². The van der Waals surface area contributed by atoms with Gasteiger partial charge in [0.1, 0.15) is 16.4 Å². The molecule has 188 valence electrons. The average Bonchev–Trinajstić information content (AvgIpc) is 2.81. The number of ether oxygens (including phenoxy) is 1. The van der Waals surface area contributed by atoms with Crippen LogP contribution in [0.5, 0.6) is 0 Å². The minimum absolute atomic E-state index is 0. The third kappa shape index (κ3) is 8.46. The Kier molecular flexibility index (Phi) is 10.1. The van der Waals surface area contributed by atoms with Gasteiger partial charge in [0.15, 0.2) is 0 Å². The maximum Gasteiger partial charge on any atom is 1.00 e. The standard InChI is InChI=1S/C22H18N2O10S2.Na/c25-22(34-14-15-4-2-1-3-5-15)23-18-10-8-16(20(12-18)35(28,29)30)6-7-17-9-11-19(24(26)27)13-21(17)36(31,32)33;/h1-13H,14H2,(H,23,25)(H,28,29,30)(H,31,32,33);/q;+1/b7-6-;. The van der Waals surface area contributed by atoms with E-state index >= 15 is 0 Å². The fourth-order valence-electron chi connectivity index (χ4n) is 3.03. The molecule has 3 rings (SSSR count). The summed E-state index contributed by atoms with van der Waals surface area (Å²) in [5, 5.41) is 13.3. The molecule has 0 aliphatic carbocycles. The number of non-ortho nitro benzene ring substituents is 1. The van der Waals surface area contributed by atoms with Crippen LogP contribution in [-0.2, 0) is 31.6 Å². The van der Waals surface area contributed by atoms with Gasteiger partial charge in [0.2, 0.25) is 0 Å². The molecule has 0 saturated heterocycles. The molecule has 15 heteroatoms. The van der Waals surface area contributed by atoms with Crippen LogP contribution in [0, 0.1) is 10.1 Å². The van der Waals surface area contributed by atoms with E-state index in [-0.39, 0.29) is 53.0 Å². The summed E-state index contributed by atoms with van der Waals surface area (Å²) in [5.74, 6) is 0. The van der Waals surface area contributed by atoms with E-state index in [1.54, 1.807) is 30.3 Å². The third-order valence-electron chi connectivity index (χ3n) is 4.68. The molecule has 1 amide bonds. The summed E-state index contributed by atoms with van der Waals surface area (Å²) in [6, 6.07) is 14.9. The van der Waals surface area contributed by atoms with Gasteiger partial charge in [0.05, 0.1) is 4.92 Å². The van der Waals surface area contributed by atoms with Crippen molar-refractivity contribution in [1.82, 2.24) is 0 Å². The topological polar surface area (TPSA) is 190 Å². The predicted octanol–water partition coefficient (Wildman–Crippen LogP) is 1.01. The number of anilines is 1. The summed E-state index contributed by atoms with van der Waals surface area (Å²) in [4.78, 5) is 20.7. The number of carbonyl (C=O) groups is 1. The zero-order chi connectivity index (χ0) is 26.5. The second kappa shape index (κ2) is 12.4. The van der Waals surface area contributed by atoms with E-state index < -0.39 is 46.7 Å². The fourth-order valence-corrected chi connectivity index (χ4v) is 4.44. The Labute approximate surface area is 233 Å². The molecule has 0 radical (unpaired) electrons. The molecule has 3 aromatic carbocycles. The van der Waals surface area contributed by atoms with Crippen LogP contribution in [0.25, 0.3) is 12.2 Å². The van der Waals surface area contributed by atoms with E-state index in [4.69, 9.17) is 4.74 Å². The maximum absolute atomic E-state index is 12.1. The van der Waals surface area contributed by atoms with E-state index in [1.807, 2.05) is 0 Å². The number of rotatable bonds is 8. The van der Waals surface area contributed by atoms with Crippen molar-refractivity contribution in [2.45, 2.75) is 16.4 Å². The number of nitro benzene ring substituents is 1. The van der Waals surface area contributed by atoms with Crippen LogP contribution >= 0.6 is 0 Å². The van der Waals surface area contributed by atoms with Gasteiger partial charge in [0, 0.05) is 17.8 Å². The van der Waals surface area contributed by atoms with Gasteiger partial charge in [-0.05, 0) is 34.9 Å². The average molecular weight is 558 g/mol. The van der Waals surface area contributed by atoms with Gasteiger partial charge in [-0.25, -0.2) is 4.79 Å². The Balaban J connectivity index is 0.00000481. The number of hydrogen-bond acceptors (Lipinski definition) is 8. The minimum Gasteiger partial charge on any atom is -0.444 e. The first-order chi connectivity index (χ1) is 16.8. The molecular formula is C22H18N2NaO10S2+. The van der Waals surface area contributed by atoms with Gasteiger partial charge >= 0.3 is 35.7 Å². The fraction of sp³-hybridized carbons (Fsp3) is 0.0455. The van der Waals surface area contributed by atoms with E-state index in [1.165, 1.54) is 12.1 Å². The first kappa shape index (κ1) is 30.1. The maximum atomic E-state index is 12.1. The van der Waals surface area contributed by atoms with Gasteiger partial charge in [-0.1, -0.05) is 48.6 Å². The molecule has 3 N–H and O–H groups in total. The molecule has 0 aliphatic rings. The van der Waals surface area contributed by atoms with E-state index in [0.717, 1.165) is 35.9 Å². The van der Waals surface area contributed by atoms with Gasteiger partial charge in [0.25, 0.3) is 25.9 Å². The van der Waals surface area contributed by atoms with Crippen molar-refractivity contribution in [2.24, 2.45) is 0 Å². The second-order valence-electron chi connectivity index (χ2n) is 7.20. The quantitative estimate of drug-likeness (QED) is 0.118. The number of carbonyl (C=O) groups excluding carboxylic acids is 1. The van der Waals surface area contributed by atoms with Crippen molar-refractivity contribution in [3.8, 4) is 0 Å². The Bertz CT molecular complexity index is 1560. The molecule has 0 aliphatic heterocycles. The monoisotopic (exact) mass is 557 g/mol. The van der Waals surface area contributed by atoms with E-state index in [0.29, 0.717) is 6.07 Å². The molecule has 0 saturated carbocycles. The largest absolute Gasteiger partial charge is 1.00 e. The second-order valence-corrected chi connectivity index (χ2v) is 9.98. The van der Waals surface area contributed by atoms with Crippen molar-refractivity contribution in [3.05, 3.63) is 93.5 Å². The molecule has 12 nitrogen and oxygen atoms in total. The molecular weight excluding hydrogens is 539 g/mol. The van der Waals surface area contributed by atoms with Crippen LogP contribution in [0.2, 0.25) is 0 Å².